The van der Waals surface area contributed by atoms with E-state index < -0.39 is 0 Å². The van der Waals surface area contributed by atoms with Crippen LogP contribution in [0.4, 0.5) is 5.69 Å². The quantitative estimate of drug-likeness (QED) is 0.566. The highest BCUT2D eigenvalue weighted by molar-refractivity contribution is 6.31. The van der Waals surface area contributed by atoms with Gasteiger partial charge in [-0.2, -0.15) is 0 Å². The lowest BCUT2D eigenvalue weighted by molar-refractivity contribution is -0.131. The Hall–Kier alpha value is -2.78. The first-order valence-electron chi connectivity index (χ1n) is 10.5. The second kappa shape index (κ2) is 8.93. The topological polar surface area (TPSA) is 32.3 Å². The van der Waals surface area contributed by atoms with E-state index in [1.165, 1.54) is 5.56 Å². The van der Waals surface area contributed by atoms with Crippen molar-refractivity contribution in [2.75, 3.05) is 18.4 Å². The summed E-state index contributed by atoms with van der Waals surface area (Å²) < 4.78 is 0. The molecule has 0 aromatic heterocycles. The summed E-state index contributed by atoms with van der Waals surface area (Å²) in [5, 5.41) is 4.57. The van der Waals surface area contributed by atoms with Crippen molar-refractivity contribution in [1.29, 1.82) is 0 Å². The van der Waals surface area contributed by atoms with E-state index in [9.17, 15) is 4.79 Å². The molecule has 1 amide bonds. The van der Waals surface area contributed by atoms with Crippen molar-refractivity contribution in [3.05, 3.63) is 101 Å². The van der Waals surface area contributed by atoms with Crippen LogP contribution < -0.4 is 5.32 Å². The minimum Gasteiger partial charge on any atom is -0.375 e. The number of halogens is 1. The molecule has 1 heterocycles. The molecule has 4 rings (SSSR count). The van der Waals surface area contributed by atoms with E-state index in [2.05, 4.69) is 30.4 Å². The molecule has 3 nitrogen and oxygen atoms in total. The smallest absolute Gasteiger partial charge is 0.226 e. The van der Waals surface area contributed by atoms with Crippen molar-refractivity contribution in [2.45, 2.75) is 31.7 Å². The van der Waals surface area contributed by atoms with E-state index in [1.54, 1.807) is 0 Å². The largest absolute Gasteiger partial charge is 0.375 e. The van der Waals surface area contributed by atoms with Gasteiger partial charge in [0.15, 0.2) is 0 Å². The third-order valence-electron chi connectivity index (χ3n) is 6.11. The van der Waals surface area contributed by atoms with Crippen molar-refractivity contribution in [3.8, 4) is 0 Å². The highest BCUT2D eigenvalue weighted by Gasteiger charge is 2.38. The summed E-state index contributed by atoms with van der Waals surface area (Å²) in [6.45, 7) is 3.52. The number of piperidine rings is 1. The number of hydrogen-bond donors (Lipinski definition) is 1. The number of rotatable bonds is 5. The number of nitrogens with zero attached hydrogens (tertiary/aromatic N) is 1. The Morgan fingerprint density at radius 3 is 2.23 bits per heavy atom. The van der Waals surface area contributed by atoms with Gasteiger partial charge in [0.2, 0.25) is 5.91 Å². The van der Waals surface area contributed by atoms with Crippen LogP contribution in [0.1, 0.15) is 29.5 Å². The highest BCUT2D eigenvalue weighted by atomic mass is 35.5. The van der Waals surface area contributed by atoms with E-state index in [4.69, 9.17) is 11.6 Å². The van der Waals surface area contributed by atoms with Gasteiger partial charge in [-0.25, -0.2) is 0 Å². The first kappa shape index (κ1) is 20.5. The lowest BCUT2D eigenvalue weighted by atomic mass is 9.78. The van der Waals surface area contributed by atoms with Gasteiger partial charge in [0.05, 0.1) is 12.0 Å². The maximum Gasteiger partial charge on any atom is 0.226 e. The maximum atomic E-state index is 12.9. The Balaban J connectivity index is 1.56. The second-order valence-corrected chi connectivity index (χ2v) is 8.44. The van der Waals surface area contributed by atoms with Gasteiger partial charge in [0, 0.05) is 23.8 Å². The van der Waals surface area contributed by atoms with Gasteiger partial charge < -0.3 is 10.2 Å². The summed E-state index contributed by atoms with van der Waals surface area (Å²) in [6, 6.07) is 26.4. The van der Waals surface area contributed by atoms with Crippen LogP contribution in [0.25, 0.3) is 0 Å². The molecule has 0 aliphatic carbocycles. The fourth-order valence-corrected chi connectivity index (χ4v) is 4.58. The van der Waals surface area contributed by atoms with E-state index in [1.807, 2.05) is 65.6 Å². The van der Waals surface area contributed by atoms with Gasteiger partial charge in [0.25, 0.3) is 0 Å². The minimum absolute atomic E-state index is 0.192. The van der Waals surface area contributed by atoms with Gasteiger partial charge in [-0.15, -0.1) is 0 Å². The average molecular weight is 419 g/mol. The number of para-hydroxylation sites is 1. The molecule has 4 heteroatoms. The third kappa shape index (κ3) is 4.36. The molecule has 0 atom stereocenters. The zero-order chi connectivity index (χ0) is 21.0. The summed E-state index contributed by atoms with van der Waals surface area (Å²) in [7, 11) is 0. The number of nitrogens with one attached hydrogen (secondary N) is 1. The van der Waals surface area contributed by atoms with E-state index in [0.29, 0.717) is 6.42 Å². The van der Waals surface area contributed by atoms with Crippen LogP contribution in [0, 0.1) is 6.92 Å². The Kier molecular flexibility index (Phi) is 6.10. The molecule has 0 spiro atoms. The molecule has 0 bridgehead atoms. The van der Waals surface area contributed by atoms with Crippen LogP contribution in [-0.4, -0.2) is 23.9 Å². The van der Waals surface area contributed by atoms with Gasteiger partial charge in [-0.1, -0.05) is 72.3 Å². The van der Waals surface area contributed by atoms with Gasteiger partial charge >= 0.3 is 0 Å². The lowest BCUT2D eigenvalue weighted by Gasteiger charge is -2.44. The van der Waals surface area contributed by atoms with Gasteiger partial charge in [0.1, 0.15) is 0 Å². The zero-order valence-corrected chi connectivity index (χ0v) is 18.0. The molecule has 1 N–H and O–H groups in total. The number of amides is 1. The Morgan fingerprint density at radius 2 is 1.57 bits per heavy atom. The van der Waals surface area contributed by atoms with Crippen LogP contribution in [0.3, 0.4) is 0 Å². The second-order valence-electron chi connectivity index (χ2n) is 8.03. The van der Waals surface area contributed by atoms with Crippen molar-refractivity contribution in [1.82, 2.24) is 4.90 Å². The van der Waals surface area contributed by atoms with E-state index in [-0.39, 0.29) is 11.4 Å². The highest BCUT2D eigenvalue weighted by Crippen LogP contribution is 2.39. The Labute approximate surface area is 183 Å². The lowest BCUT2D eigenvalue weighted by Crippen LogP contribution is -2.49. The van der Waals surface area contributed by atoms with Crippen molar-refractivity contribution < 1.29 is 4.79 Å². The molecule has 3 aromatic rings. The van der Waals surface area contributed by atoms with Crippen LogP contribution >= 0.6 is 11.6 Å². The zero-order valence-electron chi connectivity index (χ0n) is 17.3. The molecule has 154 valence electrons. The van der Waals surface area contributed by atoms with Crippen LogP contribution in [0.2, 0.25) is 5.02 Å². The fraction of sp³-hybridized carbons (Fsp3) is 0.269. The summed E-state index contributed by atoms with van der Waals surface area (Å²) in [5.74, 6) is 0.192. The maximum absolute atomic E-state index is 12.9. The summed E-state index contributed by atoms with van der Waals surface area (Å²) >= 11 is 6.48. The summed E-state index contributed by atoms with van der Waals surface area (Å²) in [5.41, 5.74) is 4.22. The predicted octanol–water partition coefficient (Wildman–Crippen LogP) is 5.82. The standard InChI is InChI=1S/C26H27ClN2O/c1-20-23(13-8-14-24(20)27)26(28-22-11-6-3-7-12-22)15-17-29(18-16-26)25(30)19-21-9-4-2-5-10-21/h2-14,28H,15-19H2,1H3. The number of benzene rings is 3. The first-order chi connectivity index (χ1) is 14.6. The molecule has 30 heavy (non-hydrogen) atoms. The Bertz CT molecular complexity index is 996. The molecule has 1 aliphatic rings. The number of likely N-dealkylation sites (tertiary alicyclic amines) is 1. The number of anilines is 1. The summed E-state index contributed by atoms with van der Waals surface area (Å²) in [4.78, 5) is 14.9. The predicted molar refractivity (Wildman–Crippen MR) is 124 cm³/mol. The SMILES string of the molecule is Cc1c(Cl)cccc1C1(Nc2ccccc2)CCN(C(=O)Cc2ccccc2)CC1. The van der Waals surface area contributed by atoms with Crippen molar-refractivity contribution in [3.63, 3.8) is 0 Å². The monoisotopic (exact) mass is 418 g/mol. The fourth-order valence-electron chi connectivity index (χ4n) is 4.41. The van der Waals surface area contributed by atoms with Crippen LogP contribution in [0.5, 0.6) is 0 Å². The molecular formula is C26H27ClN2O. The number of carbonyl (C=O) groups is 1. The molecule has 0 unspecified atom stereocenters. The van der Waals surface area contributed by atoms with Gasteiger partial charge in [-0.3, -0.25) is 4.79 Å². The van der Waals surface area contributed by atoms with Crippen LogP contribution in [0.15, 0.2) is 78.9 Å². The Morgan fingerprint density at radius 1 is 0.933 bits per heavy atom. The van der Waals surface area contributed by atoms with Gasteiger partial charge in [-0.05, 0) is 54.7 Å². The molecular weight excluding hydrogens is 392 g/mol. The molecule has 0 saturated carbocycles. The van der Waals surface area contributed by atoms with E-state index in [0.717, 1.165) is 47.8 Å². The number of carbonyl (C=O) groups excluding carboxylic acids is 1. The molecule has 0 radical (unpaired) electrons. The molecule has 1 saturated heterocycles. The first-order valence-corrected chi connectivity index (χ1v) is 10.9. The molecule has 1 fully saturated rings. The normalized spacial score (nSPS) is 15.6. The van der Waals surface area contributed by atoms with Crippen molar-refractivity contribution in [2.24, 2.45) is 0 Å². The van der Waals surface area contributed by atoms with E-state index >= 15 is 0 Å². The van der Waals surface area contributed by atoms with Crippen molar-refractivity contribution >= 4 is 23.2 Å². The minimum atomic E-state index is -0.250. The molecule has 1 aliphatic heterocycles. The third-order valence-corrected chi connectivity index (χ3v) is 6.52. The summed E-state index contributed by atoms with van der Waals surface area (Å²) in [6.07, 6.45) is 2.13. The number of hydrogen-bond acceptors (Lipinski definition) is 2. The molecule has 3 aromatic carbocycles. The van der Waals surface area contributed by atoms with Crippen LogP contribution in [-0.2, 0) is 16.8 Å². The average Bonchev–Trinajstić information content (AvgIpc) is 2.77.